The number of aryl methyl sites for hydroxylation is 1. The molecule has 1 fully saturated rings. The number of nitrogens with two attached hydrogens (primary N) is 2. The van der Waals surface area contributed by atoms with Gasteiger partial charge in [-0.15, -0.1) is 0 Å². The standard InChI is InChI=1S/C13H19N3O/c1-8-6-10(4-5-11(8)13(15)17)16-12(7-14)9-2-3-9/h4-6,9,12,16H,2-3,7,14H2,1H3,(H2,15,17). The van der Waals surface area contributed by atoms with Gasteiger partial charge >= 0.3 is 0 Å². The van der Waals surface area contributed by atoms with E-state index in [2.05, 4.69) is 5.32 Å². The zero-order valence-corrected chi connectivity index (χ0v) is 10.1. The van der Waals surface area contributed by atoms with Crippen LogP contribution in [-0.4, -0.2) is 18.5 Å². The lowest BCUT2D eigenvalue weighted by atomic mass is 10.1. The second-order valence-electron chi connectivity index (χ2n) is 4.72. The van der Waals surface area contributed by atoms with Crippen molar-refractivity contribution in [3.05, 3.63) is 29.3 Å². The molecule has 92 valence electrons. The first-order valence-corrected chi connectivity index (χ1v) is 5.99. The van der Waals surface area contributed by atoms with E-state index in [1.54, 1.807) is 6.07 Å². The molecule has 0 spiro atoms. The lowest BCUT2D eigenvalue weighted by molar-refractivity contribution is 0.1000. The molecule has 4 nitrogen and oxygen atoms in total. The number of primary amides is 1. The molecule has 1 aromatic rings. The maximum absolute atomic E-state index is 11.1. The fourth-order valence-electron chi connectivity index (χ4n) is 2.11. The molecule has 2 rings (SSSR count). The van der Waals surface area contributed by atoms with Gasteiger partial charge in [0, 0.05) is 23.8 Å². The molecule has 1 saturated carbocycles. The van der Waals surface area contributed by atoms with E-state index < -0.39 is 0 Å². The molecule has 1 amide bonds. The molecule has 1 aliphatic carbocycles. The Bertz CT molecular complexity index is 427. The second-order valence-corrected chi connectivity index (χ2v) is 4.72. The van der Waals surface area contributed by atoms with E-state index in [4.69, 9.17) is 11.5 Å². The van der Waals surface area contributed by atoms with Gasteiger partial charge in [0.1, 0.15) is 0 Å². The summed E-state index contributed by atoms with van der Waals surface area (Å²) in [6.07, 6.45) is 2.51. The fourth-order valence-corrected chi connectivity index (χ4v) is 2.11. The van der Waals surface area contributed by atoms with Gasteiger partial charge in [-0.3, -0.25) is 4.79 Å². The Balaban J connectivity index is 2.11. The third-order valence-corrected chi connectivity index (χ3v) is 3.29. The van der Waals surface area contributed by atoms with Crippen molar-refractivity contribution in [2.45, 2.75) is 25.8 Å². The summed E-state index contributed by atoms with van der Waals surface area (Å²) in [5, 5.41) is 3.42. The number of hydrogen-bond donors (Lipinski definition) is 3. The molecule has 1 unspecified atom stereocenters. The molecule has 4 heteroatoms. The van der Waals surface area contributed by atoms with Crippen molar-refractivity contribution in [3.8, 4) is 0 Å². The molecule has 17 heavy (non-hydrogen) atoms. The summed E-state index contributed by atoms with van der Waals surface area (Å²) in [6.45, 7) is 2.53. The largest absolute Gasteiger partial charge is 0.381 e. The Morgan fingerprint density at radius 3 is 2.71 bits per heavy atom. The minimum atomic E-state index is -0.383. The van der Waals surface area contributed by atoms with Crippen LogP contribution in [0.4, 0.5) is 5.69 Å². The van der Waals surface area contributed by atoms with Crippen LogP contribution in [0.1, 0.15) is 28.8 Å². The second kappa shape index (κ2) is 4.75. The fraction of sp³-hybridized carbons (Fsp3) is 0.462. The minimum Gasteiger partial charge on any atom is -0.381 e. The number of benzene rings is 1. The molecule has 0 bridgehead atoms. The van der Waals surface area contributed by atoms with Gasteiger partial charge in [-0.05, 0) is 49.4 Å². The maximum Gasteiger partial charge on any atom is 0.248 e. The zero-order chi connectivity index (χ0) is 12.4. The van der Waals surface area contributed by atoms with Crippen LogP contribution in [-0.2, 0) is 0 Å². The van der Waals surface area contributed by atoms with Gasteiger partial charge in [-0.25, -0.2) is 0 Å². The van der Waals surface area contributed by atoms with E-state index in [-0.39, 0.29) is 5.91 Å². The van der Waals surface area contributed by atoms with Gasteiger partial charge in [0.2, 0.25) is 5.91 Å². The van der Waals surface area contributed by atoms with Crippen LogP contribution in [0.5, 0.6) is 0 Å². The quantitative estimate of drug-likeness (QED) is 0.715. The van der Waals surface area contributed by atoms with Crippen molar-refractivity contribution in [1.82, 2.24) is 0 Å². The Hall–Kier alpha value is -1.55. The first-order valence-electron chi connectivity index (χ1n) is 5.99. The van der Waals surface area contributed by atoms with Crippen molar-refractivity contribution >= 4 is 11.6 Å². The first-order chi connectivity index (χ1) is 8.11. The molecule has 0 heterocycles. The molecule has 5 N–H and O–H groups in total. The molecule has 0 aromatic heterocycles. The van der Waals surface area contributed by atoms with Gasteiger partial charge in [-0.1, -0.05) is 0 Å². The van der Waals surface area contributed by atoms with E-state index in [9.17, 15) is 4.79 Å². The Kier molecular flexibility index (Phi) is 3.33. The Labute approximate surface area is 101 Å². The molecule has 1 aromatic carbocycles. The predicted octanol–water partition coefficient (Wildman–Crippen LogP) is 1.24. The number of rotatable bonds is 5. The van der Waals surface area contributed by atoms with Crippen LogP contribution in [0.3, 0.4) is 0 Å². The summed E-state index contributed by atoms with van der Waals surface area (Å²) in [6, 6.07) is 5.94. The summed E-state index contributed by atoms with van der Waals surface area (Å²) < 4.78 is 0. The number of anilines is 1. The molecule has 0 radical (unpaired) electrons. The molecule has 0 aliphatic heterocycles. The van der Waals surface area contributed by atoms with E-state index in [1.807, 2.05) is 19.1 Å². The van der Waals surface area contributed by atoms with Crippen molar-refractivity contribution in [2.24, 2.45) is 17.4 Å². The van der Waals surface area contributed by atoms with Gasteiger partial charge in [0.25, 0.3) is 0 Å². The van der Waals surface area contributed by atoms with Crippen molar-refractivity contribution < 1.29 is 4.79 Å². The number of carbonyl (C=O) groups is 1. The number of hydrogen-bond acceptors (Lipinski definition) is 3. The lowest BCUT2D eigenvalue weighted by Gasteiger charge is -2.18. The van der Waals surface area contributed by atoms with E-state index in [0.717, 1.165) is 11.3 Å². The van der Waals surface area contributed by atoms with Crippen LogP contribution in [0.15, 0.2) is 18.2 Å². The van der Waals surface area contributed by atoms with Gasteiger partial charge < -0.3 is 16.8 Å². The third-order valence-electron chi connectivity index (χ3n) is 3.29. The van der Waals surface area contributed by atoms with Gasteiger partial charge in [0.05, 0.1) is 0 Å². The summed E-state index contributed by atoms with van der Waals surface area (Å²) in [4.78, 5) is 11.1. The van der Waals surface area contributed by atoms with E-state index >= 15 is 0 Å². The average Bonchev–Trinajstić information content (AvgIpc) is 3.09. The van der Waals surface area contributed by atoms with Gasteiger partial charge in [0.15, 0.2) is 0 Å². The summed E-state index contributed by atoms with van der Waals surface area (Å²) in [5.74, 6) is 0.322. The topological polar surface area (TPSA) is 81.1 Å². The number of carbonyl (C=O) groups excluding carboxylic acids is 1. The summed E-state index contributed by atoms with van der Waals surface area (Å²) in [7, 11) is 0. The van der Waals surface area contributed by atoms with Crippen LogP contribution in [0, 0.1) is 12.8 Å². The highest BCUT2D eigenvalue weighted by atomic mass is 16.1. The van der Waals surface area contributed by atoms with Crippen LogP contribution in [0.25, 0.3) is 0 Å². The first kappa shape index (κ1) is 11.9. The minimum absolute atomic E-state index is 0.342. The molecular formula is C13H19N3O. The highest BCUT2D eigenvalue weighted by Crippen LogP contribution is 2.34. The normalized spacial score (nSPS) is 16.6. The predicted molar refractivity (Wildman–Crippen MR) is 68.9 cm³/mol. The number of nitrogens with one attached hydrogen (secondary N) is 1. The van der Waals surface area contributed by atoms with Crippen molar-refractivity contribution in [2.75, 3.05) is 11.9 Å². The Morgan fingerprint density at radius 2 is 2.24 bits per heavy atom. The van der Waals surface area contributed by atoms with Crippen LogP contribution >= 0.6 is 0 Å². The summed E-state index contributed by atoms with van der Waals surface area (Å²) in [5.41, 5.74) is 13.5. The highest BCUT2D eigenvalue weighted by Gasteiger charge is 2.30. The Morgan fingerprint density at radius 1 is 1.53 bits per heavy atom. The van der Waals surface area contributed by atoms with Gasteiger partial charge in [-0.2, -0.15) is 0 Å². The van der Waals surface area contributed by atoms with E-state index in [1.165, 1.54) is 12.8 Å². The third kappa shape index (κ3) is 2.77. The smallest absolute Gasteiger partial charge is 0.248 e. The van der Waals surface area contributed by atoms with Crippen LogP contribution in [0.2, 0.25) is 0 Å². The lowest BCUT2D eigenvalue weighted by Crippen LogP contribution is -2.30. The molecule has 1 aliphatic rings. The van der Waals surface area contributed by atoms with Crippen molar-refractivity contribution in [3.63, 3.8) is 0 Å². The van der Waals surface area contributed by atoms with Crippen LogP contribution < -0.4 is 16.8 Å². The SMILES string of the molecule is Cc1cc(NC(CN)C2CC2)ccc1C(N)=O. The summed E-state index contributed by atoms with van der Waals surface area (Å²) >= 11 is 0. The zero-order valence-electron chi connectivity index (χ0n) is 10.1. The molecular weight excluding hydrogens is 214 g/mol. The average molecular weight is 233 g/mol. The highest BCUT2D eigenvalue weighted by molar-refractivity contribution is 5.94. The maximum atomic E-state index is 11.1. The van der Waals surface area contributed by atoms with Crippen molar-refractivity contribution in [1.29, 1.82) is 0 Å². The molecule has 1 atom stereocenters. The monoisotopic (exact) mass is 233 g/mol. The molecule has 0 saturated heterocycles. The number of amides is 1. The van der Waals surface area contributed by atoms with E-state index in [0.29, 0.717) is 24.1 Å².